The van der Waals surface area contributed by atoms with E-state index in [1.165, 1.54) is 13.2 Å². The SMILES string of the molecule is C=CCOc1ccc2ccccc2c1/C=C/C(=O)OC. The van der Waals surface area contributed by atoms with Crippen LogP contribution in [-0.4, -0.2) is 19.7 Å². The van der Waals surface area contributed by atoms with Crippen LogP contribution >= 0.6 is 0 Å². The van der Waals surface area contributed by atoms with Crippen molar-refractivity contribution in [2.45, 2.75) is 0 Å². The summed E-state index contributed by atoms with van der Waals surface area (Å²) in [5, 5.41) is 2.11. The maximum atomic E-state index is 11.3. The van der Waals surface area contributed by atoms with Crippen LogP contribution in [0.3, 0.4) is 0 Å². The zero-order valence-corrected chi connectivity index (χ0v) is 11.3. The first-order chi connectivity index (χ1) is 9.76. The van der Waals surface area contributed by atoms with E-state index in [1.807, 2.05) is 36.4 Å². The van der Waals surface area contributed by atoms with Gasteiger partial charge in [0.1, 0.15) is 12.4 Å². The molecule has 0 aliphatic heterocycles. The van der Waals surface area contributed by atoms with Crippen molar-refractivity contribution in [2.24, 2.45) is 0 Å². The minimum atomic E-state index is -0.396. The van der Waals surface area contributed by atoms with Gasteiger partial charge in [0.15, 0.2) is 0 Å². The number of methoxy groups -OCH3 is 1. The predicted octanol–water partition coefficient (Wildman–Crippen LogP) is 3.59. The highest BCUT2D eigenvalue weighted by Gasteiger charge is 2.06. The Bertz CT molecular complexity index is 656. The maximum Gasteiger partial charge on any atom is 0.330 e. The van der Waals surface area contributed by atoms with E-state index in [9.17, 15) is 4.79 Å². The molecule has 0 heterocycles. The minimum Gasteiger partial charge on any atom is -0.489 e. The fourth-order valence-electron chi connectivity index (χ4n) is 1.94. The number of carbonyl (C=O) groups excluding carboxylic acids is 1. The number of hydrogen-bond acceptors (Lipinski definition) is 3. The van der Waals surface area contributed by atoms with Crippen LogP contribution in [0.15, 0.2) is 55.1 Å². The molecule has 0 fully saturated rings. The zero-order chi connectivity index (χ0) is 14.4. The number of esters is 1. The van der Waals surface area contributed by atoms with Crippen molar-refractivity contribution < 1.29 is 14.3 Å². The van der Waals surface area contributed by atoms with Crippen molar-refractivity contribution in [3.63, 3.8) is 0 Å². The molecular weight excluding hydrogens is 252 g/mol. The molecule has 0 aliphatic carbocycles. The molecule has 0 saturated heterocycles. The second-order valence-corrected chi connectivity index (χ2v) is 4.15. The summed E-state index contributed by atoms with van der Waals surface area (Å²) < 4.78 is 10.3. The lowest BCUT2D eigenvalue weighted by Crippen LogP contribution is -1.97. The van der Waals surface area contributed by atoms with Crippen LogP contribution in [-0.2, 0) is 9.53 Å². The van der Waals surface area contributed by atoms with Gasteiger partial charge >= 0.3 is 5.97 Å². The van der Waals surface area contributed by atoms with E-state index in [4.69, 9.17) is 4.74 Å². The number of benzene rings is 2. The standard InChI is InChI=1S/C17H16O3/c1-3-12-20-16-10-8-13-6-4-5-7-14(13)15(16)9-11-17(18)19-2/h3-11H,1,12H2,2H3/b11-9+. The Labute approximate surface area is 118 Å². The number of fused-ring (bicyclic) bond motifs is 1. The summed E-state index contributed by atoms with van der Waals surface area (Å²) >= 11 is 0. The second-order valence-electron chi connectivity index (χ2n) is 4.15. The summed E-state index contributed by atoms with van der Waals surface area (Å²) in [6, 6.07) is 11.8. The van der Waals surface area contributed by atoms with E-state index in [2.05, 4.69) is 11.3 Å². The van der Waals surface area contributed by atoms with Gasteiger partial charge in [0.05, 0.1) is 7.11 Å². The highest BCUT2D eigenvalue weighted by molar-refractivity contribution is 5.96. The first kappa shape index (κ1) is 13.9. The van der Waals surface area contributed by atoms with Gasteiger partial charge in [0.25, 0.3) is 0 Å². The Morgan fingerprint density at radius 3 is 2.80 bits per heavy atom. The van der Waals surface area contributed by atoms with E-state index in [0.29, 0.717) is 12.4 Å². The summed E-state index contributed by atoms with van der Waals surface area (Å²) in [5.74, 6) is 0.316. The van der Waals surface area contributed by atoms with Gasteiger partial charge in [0.2, 0.25) is 0 Å². The van der Waals surface area contributed by atoms with Crippen molar-refractivity contribution in [1.82, 2.24) is 0 Å². The summed E-state index contributed by atoms with van der Waals surface area (Å²) in [6.45, 7) is 4.05. The number of rotatable bonds is 5. The third-order valence-electron chi connectivity index (χ3n) is 2.87. The molecule has 0 bridgehead atoms. The average molecular weight is 268 g/mol. The van der Waals surface area contributed by atoms with Gasteiger partial charge in [-0.3, -0.25) is 0 Å². The number of hydrogen-bond donors (Lipinski definition) is 0. The monoisotopic (exact) mass is 268 g/mol. The topological polar surface area (TPSA) is 35.5 Å². The number of carbonyl (C=O) groups is 1. The second kappa shape index (κ2) is 6.57. The van der Waals surface area contributed by atoms with E-state index in [-0.39, 0.29) is 0 Å². The van der Waals surface area contributed by atoms with Crippen LogP contribution in [0, 0.1) is 0 Å². The van der Waals surface area contributed by atoms with Crippen molar-refractivity contribution >= 4 is 22.8 Å². The molecule has 102 valence electrons. The Morgan fingerprint density at radius 2 is 2.05 bits per heavy atom. The lowest BCUT2D eigenvalue weighted by molar-refractivity contribution is -0.134. The molecule has 0 aliphatic rings. The van der Waals surface area contributed by atoms with Crippen molar-refractivity contribution in [3.05, 3.63) is 60.7 Å². The average Bonchev–Trinajstić information content (AvgIpc) is 2.50. The van der Waals surface area contributed by atoms with Gasteiger partial charge in [-0.1, -0.05) is 43.0 Å². The molecule has 0 amide bonds. The van der Waals surface area contributed by atoms with Gasteiger partial charge in [-0.05, 0) is 22.9 Å². The lowest BCUT2D eigenvalue weighted by atomic mass is 10.0. The van der Waals surface area contributed by atoms with Crippen LogP contribution < -0.4 is 4.74 Å². The molecule has 2 rings (SSSR count). The van der Waals surface area contributed by atoms with E-state index in [0.717, 1.165) is 16.3 Å². The fraction of sp³-hybridized carbons (Fsp3) is 0.118. The molecule has 0 spiro atoms. The van der Waals surface area contributed by atoms with Crippen LogP contribution in [0.25, 0.3) is 16.8 Å². The molecule has 0 saturated carbocycles. The van der Waals surface area contributed by atoms with Crippen LogP contribution in [0.4, 0.5) is 0 Å². The highest BCUT2D eigenvalue weighted by atomic mass is 16.5. The summed E-state index contributed by atoms with van der Waals surface area (Å²) in [5.41, 5.74) is 0.857. The van der Waals surface area contributed by atoms with Gasteiger partial charge in [-0.15, -0.1) is 0 Å². The normalized spacial score (nSPS) is 10.7. The summed E-state index contributed by atoms with van der Waals surface area (Å²) in [4.78, 5) is 11.3. The highest BCUT2D eigenvalue weighted by Crippen LogP contribution is 2.29. The van der Waals surface area contributed by atoms with Crippen molar-refractivity contribution in [3.8, 4) is 5.75 Å². The van der Waals surface area contributed by atoms with Crippen molar-refractivity contribution in [1.29, 1.82) is 0 Å². The van der Waals surface area contributed by atoms with Gasteiger partial charge in [0, 0.05) is 11.6 Å². The molecule has 3 heteroatoms. The molecule has 0 N–H and O–H groups in total. The Kier molecular flexibility index (Phi) is 4.56. The molecule has 2 aromatic carbocycles. The Balaban J connectivity index is 2.52. The minimum absolute atomic E-state index is 0.396. The molecule has 3 nitrogen and oxygen atoms in total. The summed E-state index contributed by atoms with van der Waals surface area (Å²) in [6.07, 6.45) is 4.79. The van der Waals surface area contributed by atoms with E-state index < -0.39 is 5.97 Å². The molecule has 0 atom stereocenters. The quantitative estimate of drug-likeness (QED) is 0.472. The smallest absolute Gasteiger partial charge is 0.330 e. The summed E-state index contributed by atoms with van der Waals surface area (Å²) in [7, 11) is 1.35. The zero-order valence-electron chi connectivity index (χ0n) is 11.3. The third kappa shape index (κ3) is 3.06. The van der Waals surface area contributed by atoms with E-state index >= 15 is 0 Å². The van der Waals surface area contributed by atoms with Gasteiger partial charge in [-0.2, -0.15) is 0 Å². The van der Waals surface area contributed by atoms with Gasteiger partial charge < -0.3 is 9.47 Å². The Morgan fingerprint density at radius 1 is 1.25 bits per heavy atom. The van der Waals surface area contributed by atoms with Crippen LogP contribution in [0.5, 0.6) is 5.75 Å². The lowest BCUT2D eigenvalue weighted by Gasteiger charge is -2.10. The largest absolute Gasteiger partial charge is 0.489 e. The Hall–Kier alpha value is -2.55. The fourth-order valence-corrected chi connectivity index (χ4v) is 1.94. The van der Waals surface area contributed by atoms with E-state index in [1.54, 1.807) is 12.2 Å². The van der Waals surface area contributed by atoms with Gasteiger partial charge in [-0.25, -0.2) is 4.79 Å². The molecule has 0 radical (unpaired) electrons. The van der Waals surface area contributed by atoms with Crippen LogP contribution in [0.1, 0.15) is 5.56 Å². The molecular formula is C17H16O3. The number of ether oxygens (including phenoxy) is 2. The molecule has 20 heavy (non-hydrogen) atoms. The predicted molar refractivity (Wildman–Crippen MR) is 80.7 cm³/mol. The molecule has 0 unspecified atom stereocenters. The first-order valence-electron chi connectivity index (χ1n) is 6.27. The molecule has 0 aromatic heterocycles. The first-order valence-corrected chi connectivity index (χ1v) is 6.27. The third-order valence-corrected chi connectivity index (χ3v) is 2.87. The maximum absolute atomic E-state index is 11.3. The van der Waals surface area contributed by atoms with Crippen LogP contribution in [0.2, 0.25) is 0 Å². The van der Waals surface area contributed by atoms with Crippen molar-refractivity contribution in [2.75, 3.05) is 13.7 Å². The molecule has 2 aromatic rings.